The van der Waals surface area contributed by atoms with Gasteiger partial charge < -0.3 is 10.6 Å². The highest BCUT2D eigenvalue weighted by molar-refractivity contribution is 7.99. The smallest absolute Gasteiger partial charge is 0.191 e. The first kappa shape index (κ1) is 16.9. The van der Waals surface area contributed by atoms with Gasteiger partial charge >= 0.3 is 0 Å². The monoisotopic (exact) mass is 297 g/mol. The third-order valence-corrected chi connectivity index (χ3v) is 4.33. The topological polar surface area (TPSA) is 54.2 Å². The van der Waals surface area contributed by atoms with Crippen LogP contribution in [0, 0.1) is 6.92 Å². The molecule has 114 valence electrons. The van der Waals surface area contributed by atoms with Crippen LogP contribution in [0.3, 0.4) is 0 Å². The summed E-state index contributed by atoms with van der Waals surface area (Å²) in [4.78, 5) is 4.24. The van der Waals surface area contributed by atoms with Crippen molar-refractivity contribution >= 4 is 17.7 Å². The Balaban J connectivity index is 2.22. The maximum atomic E-state index is 4.27. The zero-order valence-electron chi connectivity index (χ0n) is 13.2. The van der Waals surface area contributed by atoms with Gasteiger partial charge in [-0.3, -0.25) is 9.67 Å². The molecular weight excluding hydrogens is 270 g/mol. The van der Waals surface area contributed by atoms with E-state index >= 15 is 0 Å². The summed E-state index contributed by atoms with van der Waals surface area (Å²) in [5.41, 5.74) is 1.20. The maximum Gasteiger partial charge on any atom is 0.191 e. The molecule has 0 fully saturated rings. The third kappa shape index (κ3) is 6.32. The summed E-state index contributed by atoms with van der Waals surface area (Å²) >= 11 is 1.85. The fourth-order valence-corrected chi connectivity index (χ4v) is 1.84. The van der Waals surface area contributed by atoms with Gasteiger partial charge in [-0.05, 0) is 39.0 Å². The molecule has 20 heavy (non-hydrogen) atoms. The average Bonchev–Trinajstić information content (AvgIpc) is 2.83. The van der Waals surface area contributed by atoms with E-state index < -0.39 is 0 Å². The summed E-state index contributed by atoms with van der Waals surface area (Å²) in [6, 6.07) is 0. The van der Waals surface area contributed by atoms with E-state index in [2.05, 4.69) is 53.9 Å². The minimum absolute atomic E-state index is 0.213. The SMILES string of the molecule is CN=C(NCCCn1cc(C)cn1)NCC(C)(C)SC. The quantitative estimate of drug-likeness (QED) is 0.458. The molecule has 0 saturated heterocycles. The van der Waals surface area contributed by atoms with Crippen LogP contribution in [0.25, 0.3) is 0 Å². The highest BCUT2D eigenvalue weighted by Crippen LogP contribution is 2.19. The van der Waals surface area contributed by atoms with Crippen molar-refractivity contribution in [1.29, 1.82) is 0 Å². The van der Waals surface area contributed by atoms with Crippen molar-refractivity contribution in [3.05, 3.63) is 18.0 Å². The lowest BCUT2D eigenvalue weighted by atomic mass is 10.2. The van der Waals surface area contributed by atoms with E-state index in [1.807, 2.05) is 22.6 Å². The molecule has 5 nitrogen and oxygen atoms in total. The van der Waals surface area contributed by atoms with Crippen LogP contribution < -0.4 is 10.6 Å². The molecule has 6 heteroatoms. The Hall–Kier alpha value is -1.17. The predicted octanol–water partition coefficient (Wildman–Crippen LogP) is 1.89. The van der Waals surface area contributed by atoms with Gasteiger partial charge in [-0.15, -0.1) is 0 Å². The Morgan fingerprint density at radius 3 is 2.75 bits per heavy atom. The Labute approximate surface area is 126 Å². The number of guanidine groups is 1. The van der Waals surface area contributed by atoms with Crippen molar-refractivity contribution < 1.29 is 0 Å². The lowest BCUT2D eigenvalue weighted by Gasteiger charge is -2.23. The number of nitrogens with one attached hydrogen (secondary N) is 2. The first-order chi connectivity index (χ1) is 9.46. The van der Waals surface area contributed by atoms with Crippen molar-refractivity contribution in [3.8, 4) is 0 Å². The second-order valence-corrected chi connectivity index (χ2v) is 6.96. The van der Waals surface area contributed by atoms with Gasteiger partial charge in [0.05, 0.1) is 6.20 Å². The fraction of sp³-hybridized carbons (Fsp3) is 0.714. The van der Waals surface area contributed by atoms with Crippen molar-refractivity contribution in [3.63, 3.8) is 0 Å². The van der Waals surface area contributed by atoms with Crippen LogP contribution in [0.5, 0.6) is 0 Å². The van der Waals surface area contributed by atoms with Crippen LogP contribution >= 0.6 is 11.8 Å². The average molecular weight is 297 g/mol. The van der Waals surface area contributed by atoms with Crippen LogP contribution in [-0.4, -0.2) is 46.9 Å². The van der Waals surface area contributed by atoms with E-state index in [0.29, 0.717) is 0 Å². The highest BCUT2D eigenvalue weighted by atomic mass is 32.2. The van der Waals surface area contributed by atoms with Gasteiger partial charge in [0.1, 0.15) is 0 Å². The molecule has 0 bridgehead atoms. The molecule has 1 aromatic heterocycles. The summed E-state index contributed by atoms with van der Waals surface area (Å²) < 4.78 is 2.19. The summed E-state index contributed by atoms with van der Waals surface area (Å²) in [5.74, 6) is 0.865. The Morgan fingerprint density at radius 1 is 1.45 bits per heavy atom. The second-order valence-electron chi connectivity index (χ2n) is 5.45. The molecule has 0 aliphatic carbocycles. The first-order valence-corrected chi connectivity index (χ1v) is 8.18. The molecular formula is C14H27N5S. The summed E-state index contributed by atoms with van der Waals surface area (Å²) in [6.07, 6.45) is 7.10. The Kier molecular flexibility index (Phi) is 6.91. The molecule has 0 spiro atoms. The molecule has 0 saturated carbocycles. The number of rotatable bonds is 7. The van der Waals surface area contributed by atoms with Gasteiger partial charge in [0.15, 0.2) is 5.96 Å². The van der Waals surface area contributed by atoms with Gasteiger partial charge in [0.2, 0.25) is 0 Å². The van der Waals surface area contributed by atoms with Gasteiger partial charge in [-0.1, -0.05) is 0 Å². The maximum absolute atomic E-state index is 4.27. The normalized spacial score (nSPS) is 12.6. The van der Waals surface area contributed by atoms with E-state index in [1.165, 1.54) is 5.56 Å². The molecule has 0 unspecified atom stereocenters. The minimum Gasteiger partial charge on any atom is -0.356 e. The molecule has 1 rings (SSSR count). The number of hydrogen-bond donors (Lipinski definition) is 2. The molecule has 1 heterocycles. The van der Waals surface area contributed by atoms with Gasteiger partial charge in [-0.25, -0.2) is 0 Å². The van der Waals surface area contributed by atoms with E-state index in [1.54, 1.807) is 7.05 Å². The van der Waals surface area contributed by atoms with Crippen molar-refractivity contribution in [2.24, 2.45) is 4.99 Å². The Morgan fingerprint density at radius 2 is 2.20 bits per heavy atom. The van der Waals surface area contributed by atoms with Gasteiger partial charge in [0, 0.05) is 37.6 Å². The lowest BCUT2D eigenvalue weighted by Crippen LogP contribution is -2.43. The molecule has 1 aromatic rings. The number of aryl methyl sites for hydroxylation is 2. The molecule has 0 amide bonds. The largest absolute Gasteiger partial charge is 0.356 e. The van der Waals surface area contributed by atoms with Crippen LogP contribution in [0.1, 0.15) is 25.8 Å². The Bertz CT molecular complexity index is 425. The molecule has 0 aromatic carbocycles. The molecule has 0 aliphatic rings. The number of nitrogens with zero attached hydrogens (tertiary/aromatic N) is 3. The third-order valence-electron chi connectivity index (χ3n) is 3.08. The van der Waals surface area contributed by atoms with Crippen LogP contribution in [0.2, 0.25) is 0 Å². The van der Waals surface area contributed by atoms with Crippen molar-refractivity contribution in [1.82, 2.24) is 20.4 Å². The summed E-state index contributed by atoms with van der Waals surface area (Å²) in [6.45, 7) is 9.20. The summed E-state index contributed by atoms with van der Waals surface area (Å²) in [5, 5.41) is 11.0. The standard InChI is InChI=1S/C14H27N5S/c1-12-9-18-19(10-12)8-6-7-16-13(15-4)17-11-14(2,3)20-5/h9-10H,6-8,11H2,1-5H3,(H2,15,16,17). The number of hydrogen-bond acceptors (Lipinski definition) is 3. The number of thioether (sulfide) groups is 1. The second kappa shape index (κ2) is 8.19. The van der Waals surface area contributed by atoms with E-state index in [-0.39, 0.29) is 4.75 Å². The predicted molar refractivity (Wildman–Crippen MR) is 88.5 cm³/mol. The zero-order valence-corrected chi connectivity index (χ0v) is 14.0. The fourth-order valence-electron chi connectivity index (χ4n) is 1.63. The highest BCUT2D eigenvalue weighted by Gasteiger charge is 2.15. The van der Waals surface area contributed by atoms with E-state index in [4.69, 9.17) is 0 Å². The molecule has 0 radical (unpaired) electrons. The first-order valence-electron chi connectivity index (χ1n) is 6.95. The van der Waals surface area contributed by atoms with Crippen LogP contribution in [0.4, 0.5) is 0 Å². The number of aliphatic imine (C=N–C) groups is 1. The minimum atomic E-state index is 0.213. The van der Waals surface area contributed by atoms with Crippen LogP contribution in [0.15, 0.2) is 17.4 Å². The van der Waals surface area contributed by atoms with E-state index in [9.17, 15) is 0 Å². The van der Waals surface area contributed by atoms with Gasteiger partial charge in [-0.2, -0.15) is 16.9 Å². The molecule has 2 N–H and O–H groups in total. The molecule has 0 atom stereocenters. The van der Waals surface area contributed by atoms with Crippen LogP contribution in [-0.2, 0) is 6.54 Å². The van der Waals surface area contributed by atoms with Crippen molar-refractivity contribution in [2.45, 2.75) is 38.5 Å². The van der Waals surface area contributed by atoms with Crippen molar-refractivity contribution in [2.75, 3.05) is 26.4 Å². The number of aromatic nitrogens is 2. The van der Waals surface area contributed by atoms with E-state index in [0.717, 1.165) is 32.0 Å². The zero-order chi connectivity index (χ0) is 15.0. The van der Waals surface area contributed by atoms with Gasteiger partial charge in [0.25, 0.3) is 0 Å². The summed E-state index contributed by atoms with van der Waals surface area (Å²) in [7, 11) is 1.80. The lowest BCUT2D eigenvalue weighted by molar-refractivity contribution is 0.568. The molecule has 0 aliphatic heterocycles.